The summed E-state index contributed by atoms with van der Waals surface area (Å²) in [4.78, 5) is 0. The van der Waals surface area contributed by atoms with E-state index in [1.54, 1.807) is 18.2 Å². The zero-order chi connectivity index (χ0) is 9.45. The topological polar surface area (TPSA) is 23.8 Å². The van der Waals surface area contributed by atoms with Crippen molar-refractivity contribution in [3.05, 3.63) is 38.0 Å². The Morgan fingerprint density at radius 1 is 1.00 bits per heavy atom. The van der Waals surface area contributed by atoms with Crippen LogP contribution in [0.2, 0.25) is 0 Å². The molecule has 0 amide bonds. The lowest BCUT2D eigenvalue weighted by Crippen LogP contribution is -2.15. The summed E-state index contributed by atoms with van der Waals surface area (Å²) in [5.41, 5.74) is -0.356. The lowest BCUT2D eigenvalue weighted by atomic mass is 9.80. The van der Waals surface area contributed by atoms with Crippen LogP contribution in [0, 0.1) is 16.7 Å². The SMILES string of the molecule is C=CCC(C#N)(CC=C)CC=C. The summed E-state index contributed by atoms with van der Waals surface area (Å²) >= 11 is 0. The molecule has 1 nitrogen and oxygen atoms in total. The molecule has 0 fully saturated rings. The Morgan fingerprint density at radius 2 is 1.33 bits per heavy atom. The number of hydrogen-bond donors (Lipinski definition) is 0. The molecule has 0 spiro atoms. The molecule has 0 saturated heterocycles. The molecule has 0 N–H and O–H groups in total. The molecule has 0 saturated carbocycles. The summed E-state index contributed by atoms with van der Waals surface area (Å²) in [5.74, 6) is 0. The molecular formula is C11H15N. The second-order valence-corrected chi connectivity index (χ2v) is 2.87. The second kappa shape index (κ2) is 5.37. The average Bonchev–Trinajstić information content (AvgIpc) is 2.06. The highest BCUT2D eigenvalue weighted by molar-refractivity contribution is 5.07. The van der Waals surface area contributed by atoms with Crippen LogP contribution in [0.15, 0.2) is 38.0 Å². The minimum absolute atomic E-state index is 0.356. The van der Waals surface area contributed by atoms with Gasteiger partial charge in [-0.15, -0.1) is 19.7 Å². The third kappa shape index (κ3) is 2.75. The summed E-state index contributed by atoms with van der Waals surface area (Å²) in [6.45, 7) is 10.9. The van der Waals surface area contributed by atoms with Crippen LogP contribution in [-0.2, 0) is 0 Å². The monoisotopic (exact) mass is 161 g/mol. The van der Waals surface area contributed by atoms with Gasteiger partial charge < -0.3 is 0 Å². The number of nitrogens with zero attached hydrogens (tertiary/aromatic N) is 1. The lowest BCUT2D eigenvalue weighted by molar-refractivity contribution is 0.412. The van der Waals surface area contributed by atoms with Gasteiger partial charge in [-0.25, -0.2) is 0 Å². The first-order valence-electron chi connectivity index (χ1n) is 3.98. The van der Waals surface area contributed by atoms with Crippen molar-refractivity contribution in [2.45, 2.75) is 19.3 Å². The van der Waals surface area contributed by atoms with Crippen molar-refractivity contribution in [2.75, 3.05) is 0 Å². The van der Waals surface area contributed by atoms with E-state index in [2.05, 4.69) is 25.8 Å². The van der Waals surface area contributed by atoms with Crippen molar-refractivity contribution in [1.82, 2.24) is 0 Å². The van der Waals surface area contributed by atoms with E-state index < -0.39 is 0 Å². The summed E-state index contributed by atoms with van der Waals surface area (Å²) in [6, 6.07) is 2.30. The Balaban J connectivity index is 4.49. The summed E-state index contributed by atoms with van der Waals surface area (Å²) in [5, 5.41) is 8.98. The van der Waals surface area contributed by atoms with Gasteiger partial charge in [-0.1, -0.05) is 18.2 Å². The van der Waals surface area contributed by atoms with Crippen LogP contribution in [0.4, 0.5) is 0 Å². The Bertz CT molecular complexity index is 181. The minimum Gasteiger partial charge on any atom is -0.198 e. The van der Waals surface area contributed by atoms with Gasteiger partial charge in [-0.2, -0.15) is 5.26 Å². The quantitative estimate of drug-likeness (QED) is 0.549. The molecule has 12 heavy (non-hydrogen) atoms. The minimum atomic E-state index is -0.356. The van der Waals surface area contributed by atoms with Crippen LogP contribution in [0.3, 0.4) is 0 Å². The van der Waals surface area contributed by atoms with Gasteiger partial charge in [0.15, 0.2) is 0 Å². The van der Waals surface area contributed by atoms with E-state index in [1.807, 2.05) is 0 Å². The molecule has 0 heterocycles. The first kappa shape index (κ1) is 10.7. The molecule has 0 atom stereocenters. The Kier molecular flexibility index (Phi) is 4.79. The maximum Gasteiger partial charge on any atom is 0.0699 e. The van der Waals surface area contributed by atoms with E-state index >= 15 is 0 Å². The van der Waals surface area contributed by atoms with Crippen LogP contribution in [0.25, 0.3) is 0 Å². The second-order valence-electron chi connectivity index (χ2n) is 2.87. The Morgan fingerprint density at radius 3 is 1.50 bits per heavy atom. The summed E-state index contributed by atoms with van der Waals surface area (Å²) in [6.07, 6.45) is 7.41. The van der Waals surface area contributed by atoms with E-state index in [1.165, 1.54) is 0 Å². The largest absolute Gasteiger partial charge is 0.198 e. The van der Waals surface area contributed by atoms with Crippen LogP contribution < -0.4 is 0 Å². The van der Waals surface area contributed by atoms with Gasteiger partial charge in [0, 0.05) is 0 Å². The summed E-state index contributed by atoms with van der Waals surface area (Å²) < 4.78 is 0. The van der Waals surface area contributed by atoms with E-state index in [0.717, 1.165) is 0 Å². The maximum absolute atomic E-state index is 8.98. The Labute approximate surface area is 74.7 Å². The molecule has 0 aliphatic rings. The van der Waals surface area contributed by atoms with Gasteiger partial charge in [0.05, 0.1) is 11.5 Å². The summed E-state index contributed by atoms with van der Waals surface area (Å²) in [7, 11) is 0. The molecule has 0 aromatic heterocycles. The molecule has 0 unspecified atom stereocenters. The van der Waals surface area contributed by atoms with Crippen molar-refractivity contribution in [2.24, 2.45) is 5.41 Å². The van der Waals surface area contributed by atoms with Gasteiger partial charge in [-0.3, -0.25) is 0 Å². The molecule has 0 rings (SSSR count). The lowest BCUT2D eigenvalue weighted by Gasteiger charge is -2.21. The predicted molar refractivity (Wildman–Crippen MR) is 52.5 cm³/mol. The van der Waals surface area contributed by atoms with Gasteiger partial charge in [0.2, 0.25) is 0 Å². The molecule has 0 aromatic rings. The molecule has 0 aromatic carbocycles. The van der Waals surface area contributed by atoms with Crippen molar-refractivity contribution in [3.8, 4) is 6.07 Å². The molecule has 0 aliphatic heterocycles. The van der Waals surface area contributed by atoms with Gasteiger partial charge in [-0.05, 0) is 19.3 Å². The highest BCUT2D eigenvalue weighted by Crippen LogP contribution is 2.31. The molecule has 64 valence electrons. The molecule has 0 radical (unpaired) electrons. The average molecular weight is 161 g/mol. The highest BCUT2D eigenvalue weighted by atomic mass is 14.4. The third-order valence-corrected chi connectivity index (χ3v) is 1.84. The van der Waals surface area contributed by atoms with Crippen LogP contribution in [-0.4, -0.2) is 0 Å². The van der Waals surface area contributed by atoms with E-state index in [4.69, 9.17) is 5.26 Å². The first-order valence-corrected chi connectivity index (χ1v) is 3.98. The van der Waals surface area contributed by atoms with Crippen molar-refractivity contribution in [3.63, 3.8) is 0 Å². The van der Waals surface area contributed by atoms with Gasteiger partial charge in [0.1, 0.15) is 0 Å². The number of nitriles is 1. The van der Waals surface area contributed by atoms with Gasteiger partial charge in [0.25, 0.3) is 0 Å². The fourth-order valence-corrected chi connectivity index (χ4v) is 1.22. The van der Waals surface area contributed by atoms with Crippen LogP contribution in [0.5, 0.6) is 0 Å². The Hall–Kier alpha value is -1.29. The predicted octanol–water partition coefficient (Wildman–Crippen LogP) is 3.22. The molecule has 0 bridgehead atoms. The zero-order valence-corrected chi connectivity index (χ0v) is 7.42. The molecule has 0 aliphatic carbocycles. The molecular weight excluding hydrogens is 146 g/mol. The van der Waals surface area contributed by atoms with Crippen LogP contribution in [0.1, 0.15) is 19.3 Å². The smallest absolute Gasteiger partial charge is 0.0699 e. The number of hydrogen-bond acceptors (Lipinski definition) is 1. The third-order valence-electron chi connectivity index (χ3n) is 1.84. The normalized spacial score (nSPS) is 9.92. The van der Waals surface area contributed by atoms with Gasteiger partial charge >= 0.3 is 0 Å². The standard InChI is InChI=1S/C11H15N/c1-4-7-11(10-12,8-5-2)9-6-3/h4-6H,1-3,7-9H2. The van der Waals surface area contributed by atoms with Crippen molar-refractivity contribution in [1.29, 1.82) is 5.26 Å². The van der Waals surface area contributed by atoms with E-state index in [-0.39, 0.29) is 5.41 Å². The highest BCUT2D eigenvalue weighted by Gasteiger charge is 2.25. The maximum atomic E-state index is 8.98. The first-order chi connectivity index (χ1) is 5.74. The number of rotatable bonds is 6. The van der Waals surface area contributed by atoms with E-state index in [9.17, 15) is 0 Å². The van der Waals surface area contributed by atoms with Crippen molar-refractivity contribution >= 4 is 0 Å². The van der Waals surface area contributed by atoms with Crippen molar-refractivity contribution < 1.29 is 0 Å². The number of allylic oxidation sites excluding steroid dienone is 3. The fourth-order valence-electron chi connectivity index (χ4n) is 1.22. The fraction of sp³-hybridized carbons (Fsp3) is 0.364. The molecule has 1 heteroatoms. The zero-order valence-electron chi connectivity index (χ0n) is 7.42. The van der Waals surface area contributed by atoms with E-state index in [0.29, 0.717) is 19.3 Å². The van der Waals surface area contributed by atoms with Crippen LogP contribution >= 0.6 is 0 Å².